The highest BCUT2D eigenvalue weighted by Crippen LogP contribution is 2.62. The summed E-state index contributed by atoms with van der Waals surface area (Å²) in [5.41, 5.74) is 13.0. The second kappa shape index (κ2) is 9.82. The average molecular weight is 624 g/mol. The van der Waals surface area contributed by atoms with Gasteiger partial charge in [-0.15, -0.1) is 0 Å². The number of rotatable bonds is 2. The molecule has 228 valence electrons. The quantitative estimate of drug-likeness (QED) is 0.187. The van der Waals surface area contributed by atoms with Crippen molar-refractivity contribution >= 4 is 32.6 Å². The fourth-order valence-electron chi connectivity index (χ4n) is 8.84. The van der Waals surface area contributed by atoms with E-state index in [1.165, 1.54) is 77.1 Å². The first kappa shape index (κ1) is 26.7. The maximum Gasteiger partial charge on any atom is 0.132 e. The van der Waals surface area contributed by atoms with Gasteiger partial charge in [-0.2, -0.15) is 0 Å². The van der Waals surface area contributed by atoms with E-state index in [1.807, 2.05) is 0 Å². The fourth-order valence-corrected chi connectivity index (χ4v) is 8.84. The summed E-state index contributed by atoms with van der Waals surface area (Å²) in [6.45, 7) is 0. The maximum atomic E-state index is 6.71. The molecule has 0 radical (unpaired) electrons. The Labute approximate surface area is 284 Å². The number of para-hydroxylation sites is 2. The molecule has 0 bridgehead atoms. The van der Waals surface area contributed by atoms with Gasteiger partial charge in [0, 0.05) is 33.0 Å². The molecule has 0 N–H and O–H groups in total. The molecular formula is C47H29NO. The van der Waals surface area contributed by atoms with Crippen molar-refractivity contribution in [3.05, 3.63) is 198 Å². The number of ether oxygens (including phenoxy) is 1. The Kier molecular flexibility index (Phi) is 5.34. The van der Waals surface area contributed by atoms with Crippen LogP contribution >= 0.6 is 0 Å². The third-order valence-corrected chi connectivity index (χ3v) is 10.8. The van der Waals surface area contributed by atoms with E-state index < -0.39 is 5.41 Å². The van der Waals surface area contributed by atoms with Crippen molar-refractivity contribution in [2.75, 3.05) is 0 Å². The number of benzene rings is 8. The molecule has 2 heterocycles. The molecular weight excluding hydrogens is 595 g/mol. The van der Waals surface area contributed by atoms with Gasteiger partial charge in [0.15, 0.2) is 0 Å². The van der Waals surface area contributed by atoms with Crippen molar-refractivity contribution in [1.82, 2.24) is 4.57 Å². The highest BCUT2D eigenvalue weighted by Gasteiger charge is 2.51. The van der Waals surface area contributed by atoms with Gasteiger partial charge in [0.05, 0.1) is 16.4 Å². The molecule has 0 saturated carbocycles. The van der Waals surface area contributed by atoms with Crippen molar-refractivity contribution in [2.24, 2.45) is 0 Å². The predicted octanol–water partition coefficient (Wildman–Crippen LogP) is 12.1. The molecule has 0 atom stereocenters. The molecule has 0 fully saturated rings. The predicted molar refractivity (Wildman–Crippen MR) is 201 cm³/mol. The van der Waals surface area contributed by atoms with E-state index in [1.54, 1.807) is 0 Å². The summed E-state index contributed by atoms with van der Waals surface area (Å²) in [4.78, 5) is 0. The second-order valence-electron chi connectivity index (χ2n) is 13.2. The van der Waals surface area contributed by atoms with Gasteiger partial charge in [0.1, 0.15) is 11.5 Å². The van der Waals surface area contributed by atoms with Crippen LogP contribution in [0.3, 0.4) is 0 Å². The first-order valence-electron chi connectivity index (χ1n) is 16.9. The molecule has 8 aromatic carbocycles. The van der Waals surface area contributed by atoms with E-state index in [4.69, 9.17) is 4.74 Å². The van der Waals surface area contributed by atoms with E-state index >= 15 is 0 Å². The van der Waals surface area contributed by atoms with Crippen LogP contribution in [0.4, 0.5) is 0 Å². The summed E-state index contributed by atoms with van der Waals surface area (Å²) in [5, 5.41) is 5.01. The van der Waals surface area contributed by atoms with E-state index in [0.29, 0.717) is 0 Å². The number of aromatic nitrogens is 1. The SMILES string of the molecule is c1ccc(-n2c3cc(-c4ccc5c(c4)C4(c6ccccc6O5)c5ccccc5-c5ccccc54)ccc3c3ccc4ccccc4c32)cc1. The van der Waals surface area contributed by atoms with Crippen molar-refractivity contribution in [1.29, 1.82) is 0 Å². The Hall–Kier alpha value is -6.38. The summed E-state index contributed by atoms with van der Waals surface area (Å²) < 4.78 is 9.15. The van der Waals surface area contributed by atoms with Crippen molar-refractivity contribution in [3.8, 4) is 39.4 Å². The van der Waals surface area contributed by atoms with Crippen LogP contribution < -0.4 is 4.74 Å². The smallest absolute Gasteiger partial charge is 0.132 e. The molecule has 0 saturated heterocycles. The molecule has 1 aliphatic carbocycles. The molecule has 49 heavy (non-hydrogen) atoms. The van der Waals surface area contributed by atoms with E-state index in [0.717, 1.165) is 17.2 Å². The van der Waals surface area contributed by atoms with Crippen LogP contribution in [0.1, 0.15) is 22.3 Å². The number of nitrogens with zero attached hydrogens (tertiary/aromatic N) is 1. The minimum absolute atomic E-state index is 0.491. The van der Waals surface area contributed by atoms with Crippen molar-refractivity contribution < 1.29 is 4.74 Å². The normalized spacial score (nSPS) is 13.6. The highest BCUT2D eigenvalue weighted by atomic mass is 16.5. The molecule has 2 nitrogen and oxygen atoms in total. The van der Waals surface area contributed by atoms with Gasteiger partial charge in [-0.25, -0.2) is 0 Å². The molecule has 2 heteroatoms. The van der Waals surface area contributed by atoms with E-state index in [-0.39, 0.29) is 0 Å². The van der Waals surface area contributed by atoms with Crippen LogP contribution in [0.5, 0.6) is 11.5 Å². The summed E-state index contributed by atoms with van der Waals surface area (Å²) in [5.74, 6) is 1.81. The van der Waals surface area contributed by atoms with E-state index in [9.17, 15) is 0 Å². The van der Waals surface area contributed by atoms with E-state index in [2.05, 4.69) is 180 Å². The zero-order valence-electron chi connectivity index (χ0n) is 26.6. The third kappa shape index (κ3) is 3.50. The Morgan fingerprint density at radius 3 is 1.84 bits per heavy atom. The maximum absolute atomic E-state index is 6.71. The Morgan fingerprint density at radius 2 is 1.02 bits per heavy atom. The van der Waals surface area contributed by atoms with Crippen LogP contribution in [-0.2, 0) is 5.41 Å². The van der Waals surface area contributed by atoms with Gasteiger partial charge >= 0.3 is 0 Å². The molecule has 11 rings (SSSR count). The molecule has 1 spiro atoms. The Balaban J connectivity index is 1.20. The summed E-state index contributed by atoms with van der Waals surface area (Å²) >= 11 is 0. The van der Waals surface area contributed by atoms with Gasteiger partial charge in [-0.05, 0) is 75.2 Å². The third-order valence-electron chi connectivity index (χ3n) is 10.8. The zero-order valence-corrected chi connectivity index (χ0v) is 26.6. The Morgan fingerprint density at radius 1 is 0.408 bits per heavy atom. The highest BCUT2D eigenvalue weighted by molar-refractivity contribution is 6.19. The minimum atomic E-state index is -0.491. The lowest BCUT2D eigenvalue weighted by molar-refractivity contribution is 0.436. The van der Waals surface area contributed by atoms with Crippen LogP contribution in [0.15, 0.2) is 176 Å². The average Bonchev–Trinajstić information content (AvgIpc) is 3.66. The van der Waals surface area contributed by atoms with Crippen molar-refractivity contribution in [2.45, 2.75) is 5.41 Å². The summed E-state index contributed by atoms with van der Waals surface area (Å²) in [6, 6.07) is 64.1. The van der Waals surface area contributed by atoms with Gasteiger partial charge in [0.25, 0.3) is 0 Å². The lowest BCUT2D eigenvalue weighted by Gasteiger charge is -2.39. The molecule has 9 aromatic rings. The molecule has 1 aliphatic heterocycles. The first-order chi connectivity index (χ1) is 24.3. The lowest BCUT2D eigenvalue weighted by Crippen LogP contribution is -2.32. The van der Waals surface area contributed by atoms with Gasteiger partial charge < -0.3 is 9.30 Å². The van der Waals surface area contributed by atoms with Crippen molar-refractivity contribution in [3.63, 3.8) is 0 Å². The molecule has 2 aliphatic rings. The van der Waals surface area contributed by atoms with Crippen LogP contribution in [-0.4, -0.2) is 4.57 Å². The first-order valence-corrected chi connectivity index (χ1v) is 16.9. The minimum Gasteiger partial charge on any atom is -0.457 e. The topological polar surface area (TPSA) is 14.2 Å². The van der Waals surface area contributed by atoms with Crippen LogP contribution in [0, 0.1) is 0 Å². The molecule has 1 aromatic heterocycles. The second-order valence-corrected chi connectivity index (χ2v) is 13.2. The summed E-state index contributed by atoms with van der Waals surface area (Å²) in [6.07, 6.45) is 0. The number of hydrogen-bond donors (Lipinski definition) is 0. The molecule has 0 unspecified atom stereocenters. The molecule has 0 amide bonds. The number of fused-ring (bicyclic) bond motifs is 14. The van der Waals surface area contributed by atoms with Gasteiger partial charge in [-0.1, -0.05) is 140 Å². The monoisotopic (exact) mass is 623 g/mol. The standard InChI is InChI=1S/C47H29NO/c1-2-13-33(14-3-1)48-43-29-32(23-25-37(43)38-26-22-30-12-4-5-15-34(30)46(38)48)31-24-27-45-42(28-31)47(41-20-10-11-21-44(41)49-45)39-18-8-6-16-35(39)36-17-7-9-19-40(36)47/h1-29H. The number of hydrogen-bond acceptors (Lipinski definition) is 1. The van der Waals surface area contributed by atoms with Crippen LogP contribution in [0.2, 0.25) is 0 Å². The Bertz CT molecular complexity index is 2760. The summed E-state index contributed by atoms with van der Waals surface area (Å²) in [7, 11) is 0. The van der Waals surface area contributed by atoms with Gasteiger partial charge in [0.2, 0.25) is 0 Å². The lowest BCUT2D eigenvalue weighted by atomic mass is 9.66. The fraction of sp³-hybridized carbons (Fsp3) is 0.0213. The zero-order chi connectivity index (χ0) is 32.1. The largest absolute Gasteiger partial charge is 0.457 e. The van der Waals surface area contributed by atoms with Crippen LogP contribution in [0.25, 0.3) is 60.5 Å². The van der Waals surface area contributed by atoms with Gasteiger partial charge in [-0.3, -0.25) is 0 Å².